The van der Waals surface area contributed by atoms with Crippen molar-refractivity contribution in [2.24, 2.45) is 0 Å². The monoisotopic (exact) mass is 1520 g/mol. The average molecular weight is 1520 g/mol. The Morgan fingerprint density at radius 3 is 0.937 bits per heavy atom. The summed E-state index contributed by atoms with van der Waals surface area (Å²) in [5.74, 6) is -0.353. The Labute approximate surface area is 607 Å². The second kappa shape index (κ2) is 47.1. The summed E-state index contributed by atoms with van der Waals surface area (Å²) in [5, 5.41) is 20.2. The topological polar surface area (TPSA) is 86.6 Å². The molecule has 0 aromatic rings. The number of hydrogen-bond acceptors (Lipinski definition) is 7. The van der Waals surface area contributed by atoms with Gasteiger partial charge in [-0.15, -0.1) is 47.5 Å². The van der Waals surface area contributed by atoms with Gasteiger partial charge in [0.1, 0.15) is 0 Å². The number of fused-ring (bicyclic) bond motifs is 1. The molecule has 2 N–H and O–H groups in total. The van der Waals surface area contributed by atoms with Crippen molar-refractivity contribution in [3.63, 3.8) is 0 Å². The highest BCUT2D eigenvalue weighted by Crippen LogP contribution is 2.60. The smallest absolute Gasteiger partial charge is 0.163 e. The van der Waals surface area contributed by atoms with Crippen LogP contribution < -0.4 is 0 Å². The molecule has 568 valence electrons. The van der Waals surface area contributed by atoms with Gasteiger partial charge in [0.25, 0.3) is 0 Å². The maximum Gasteiger partial charge on any atom is 0.163 e. The third kappa shape index (κ3) is 31.6. The van der Waals surface area contributed by atoms with E-state index in [0.29, 0.717) is 111 Å². The van der Waals surface area contributed by atoms with Crippen LogP contribution in [0, 0.1) is 0 Å². The van der Waals surface area contributed by atoms with E-state index in [4.69, 9.17) is 23.7 Å². The molecule has 11 saturated heterocycles. The molecule has 95 heavy (non-hydrogen) atoms. The minimum Gasteiger partial charge on any atom is -0.390 e. The summed E-state index contributed by atoms with van der Waals surface area (Å²) in [6.45, 7) is 77.6. The van der Waals surface area contributed by atoms with Crippen molar-refractivity contribution in [1.29, 1.82) is 0 Å². The summed E-state index contributed by atoms with van der Waals surface area (Å²) in [5.41, 5.74) is 11.3. The van der Waals surface area contributed by atoms with Gasteiger partial charge >= 0.3 is 0 Å². The van der Waals surface area contributed by atoms with Crippen LogP contribution in [0.1, 0.15) is 249 Å². The van der Waals surface area contributed by atoms with E-state index in [1.807, 2.05) is 27.7 Å². The van der Waals surface area contributed by atoms with Gasteiger partial charge in [-0.1, -0.05) is 176 Å². The molecule has 4 unspecified atom stereocenters. The van der Waals surface area contributed by atoms with Crippen molar-refractivity contribution in [3.8, 4) is 0 Å². The van der Waals surface area contributed by atoms with Crippen molar-refractivity contribution in [2.45, 2.75) is 381 Å². The van der Waals surface area contributed by atoms with Gasteiger partial charge in [-0.3, -0.25) is 0 Å². The second-order valence-electron chi connectivity index (χ2n) is 33.3. The van der Waals surface area contributed by atoms with E-state index in [9.17, 15) is 10.2 Å². The van der Waals surface area contributed by atoms with Crippen molar-refractivity contribution in [1.82, 2.24) is 0 Å². The van der Waals surface area contributed by atoms with Crippen LogP contribution >= 0.6 is 79.2 Å². The Balaban J connectivity index is 0.000000362. The van der Waals surface area contributed by atoms with E-state index in [0.717, 1.165) is 76.9 Å². The molecule has 11 rings (SSSR count). The Morgan fingerprint density at radius 1 is 0.347 bits per heavy atom. The van der Waals surface area contributed by atoms with Crippen molar-refractivity contribution in [3.05, 3.63) is 0 Å². The summed E-state index contributed by atoms with van der Waals surface area (Å²) in [6, 6.07) is 0. The number of rotatable bonds is 4. The minimum atomic E-state index is -0.480. The van der Waals surface area contributed by atoms with Gasteiger partial charge in [0.05, 0.1) is 49.8 Å². The van der Waals surface area contributed by atoms with Crippen LogP contribution in [0.4, 0.5) is 0 Å². The van der Waals surface area contributed by atoms with Crippen molar-refractivity contribution < 1.29 is 33.9 Å². The van der Waals surface area contributed by atoms with Crippen molar-refractivity contribution >= 4 is 79.2 Å². The van der Waals surface area contributed by atoms with Gasteiger partial charge < -0.3 is 33.9 Å². The maximum atomic E-state index is 9.37. The molecule has 11 heterocycles. The van der Waals surface area contributed by atoms with Crippen LogP contribution in [0.25, 0.3) is 0 Å². The van der Waals surface area contributed by atoms with Crippen LogP contribution in [-0.2, 0) is 23.7 Å². The van der Waals surface area contributed by atoms with Crippen molar-refractivity contribution in [2.75, 3.05) is 118 Å². The summed E-state index contributed by atoms with van der Waals surface area (Å²) in [7, 11) is 2.72. The Kier molecular flexibility index (Phi) is 47.1. The highest BCUT2D eigenvalue weighted by Gasteiger charge is 2.54. The predicted octanol–water partition coefficient (Wildman–Crippen LogP) is 24.0. The first-order valence-corrected chi connectivity index (χ1v) is 58.4. The Bertz CT molecular complexity index is 1840. The van der Waals surface area contributed by atoms with E-state index in [-0.39, 0.29) is 37.5 Å². The zero-order valence-corrected chi connectivity index (χ0v) is 77.7. The summed E-state index contributed by atoms with van der Waals surface area (Å²) < 4.78 is 28.8. The predicted molar refractivity (Wildman–Crippen MR) is 455 cm³/mol. The largest absolute Gasteiger partial charge is 0.390 e. The van der Waals surface area contributed by atoms with E-state index in [1.165, 1.54) is 121 Å². The lowest BCUT2D eigenvalue weighted by atomic mass is 10.1. The van der Waals surface area contributed by atoms with Crippen LogP contribution in [0.3, 0.4) is 0 Å². The molecule has 17 heteroatoms. The fraction of sp³-hybridized carbons (Fsp3) is 1.00. The van der Waals surface area contributed by atoms with E-state index in [1.54, 1.807) is 0 Å². The lowest BCUT2D eigenvalue weighted by molar-refractivity contribution is -0.147. The molecule has 0 aliphatic carbocycles. The highest BCUT2D eigenvalue weighted by atomic mass is 31.1. The second-order valence-corrected chi connectivity index (χ2v) is 63.2. The van der Waals surface area contributed by atoms with E-state index >= 15 is 0 Å². The molecule has 0 saturated carbocycles. The van der Waals surface area contributed by atoms with Crippen LogP contribution in [-0.4, -0.2) is 260 Å². The first-order chi connectivity index (χ1) is 44.1. The lowest BCUT2D eigenvalue weighted by Gasteiger charge is -2.36. The third-order valence-corrected chi connectivity index (χ3v) is 56.6. The highest BCUT2D eigenvalue weighted by molar-refractivity contribution is 7.61. The maximum absolute atomic E-state index is 9.37. The molecule has 0 spiro atoms. The zero-order valence-electron chi connectivity index (χ0n) is 68.7. The molecular weight excluding hydrogens is 1360 g/mol. The Morgan fingerprint density at radius 2 is 0.674 bits per heavy atom. The molecular formula is C78H164O7P10. The van der Waals surface area contributed by atoms with Gasteiger partial charge in [-0.05, 0) is 252 Å². The summed E-state index contributed by atoms with van der Waals surface area (Å²) in [4.78, 5) is 0. The molecule has 0 bridgehead atoms. The zero-order chi connectivity index (χ0) is 72.6. The van der Waals surface area contributed by atoms with Gasteiger partial charge in [0.2, 0.25) is 0 Å². The quantitative estimate of drug-likeness (QED) is 0.271. The molecule has 11 fully saturated rings. The van der Waals surface area contributed by atoms with E-state index in [2.05, 4.69) is 191 Å². The molecule has 0 amide bonds. The molecule has 11 aliphatic heterocycles. The van der Waals surface area contributed by atoms with Crippen LogP contribution in [0.15, 0.2) is 0 Å². The number of ether oxygens (including phenoxy) is 5. The number of aliphatic hydroxyl groups excluding tert-OH is 2. The minimum absolute atomic E-state index is 0.0608. The number of aliphatic hydroxyl groups is 2. The lowest BCUT2D eigenvalue weighted by Crippen LogP contribution is -2.36. The van der Waals surface area contributed by atoms with E-state index < -0.39 is 12.2 Å². The molecule has 0 aromatic carbocycles. The van der Waals surface area contributed by atoms with Gasteiger partial charge in [0.15, 0.2) is 5.79 Å². The standard InChI is InChI=1S/C11H23O2P.C10H19O2P.2C8H17P.C7H15O2P.C7H15OP.3C7H15P.C6H13P/c1-6-12-10-8(3)14(5)9(4)11(10)13-7-2;1-6-8-9(7(2)13(6)5)12-10(3,4)11-8;1-8(2)6-4-5-7-9(8)3;1-7-5-4-6-8(2)9(7)3;1-4-6(8)7(9)5(2)10(4)3;1-6-4-8-5-7(2)9(6)3;1-7(2)5-4-6-8(7)3;1-6-4-5-7(2)8(6)3;1-7-5-3-4-6-8(7)2;1-6-4-3-5-7(6)2/h8-11H,6-7H2,1-5H3;6-9H,1-5H3;4-7H2,1-3H3;7-8H,4-6H2,1-3H3;4-9H,1-3H3;6-7H,4-5H2,1-3H3;4-6H2,1-3H3;6-7H,4-5H2,1-3H3;7H,3-6H2,1-2H3;6H,3-5H2,1-2H3/t8-,9-,10+,11+;6-,7-,8+,9+;;7-,8-;4-,5-,6+,7+;6-,7-;;6-,7-;7-,8?;6-,7?/m00.000.000/s1. The number of hydrogen-bond donors (Lipinski definition) is 2. The molecule has 0 aromatic heterocycles. The SMILES string of the molecule is CCO[C@H]1[C@H](OCC)[C@H](C)P(C)[C@H]1C.CP1CCCC1(C)C.CP1CCCCC1(C)C.C[C@H]1CCCCP1C.C[C@H]1CCCP1C.C[C@H]1CCC[C@H](C)P1C.C[C@H]1CC[C@H](C)P1C.C[C@H]1COC[C@H](C)P1C.C[C@H]1[C@@H](O)[C@H](O)[C@H](C)P1C.C[C@H]1[C@H]2OC(C)(C)O[C@@H]2[C@H](C)P1C. The summed E-state index contributed by atoms with van der Waals surface area (Å²) >= 11 is 0. The summed E-state index contributed by atoms with van der Waals surface area (Å²) in [6.07, 6.45) is 28.8. The molecule has 0 radical (unpaired) electrons. The Hall–Kier alpha value is 4.02. The average Bonchev–Trinajstić information content (AvgIpc) is 1.61. The third-order valence-electron chi connectivity index (χ3n) is 25.3. The van der Waals surface area contributed by atoms with Crippen LogP contribution in [0.5, 0.6) is 0 Å². The molecule has 11 aliphatic rings. The fourth-order valence-corrected chi connectivity index (χ4v) is 34.1. The first kappa shape index (κ1) is 95.1. The van der Waals surface area contributed by atoms with Gasteiger partial charge in [-0.2, -0.15) is 0 Å². The first-order valence-electron chi connectivity index (χ1n) is 38.8. The van der Waals surface area contributed by atoms with Crippen LogP contribution in [0.2, 0.25) is 0 Å². The molecule has 24 atom stereocenters. The van der Waals surface area contributed by atoms with Gasteiger partial charge in [0, 0.05) is 47.2 Å². The fourth-order valence-electron chi connectivity index (χ4n) is 15.0. The normalized spacial score (nSPS) is 43.1. The van der Waals surface area contributed by atoms with Gasteiger partial charge in [-0.25, -0.2) is 0 Å². The molecule has 7 nitrogen and oxygen atoms in total.